The highest BCUT2D eigenvalue weighted by molar-refractivity contribution is 5.96. The number of ether oxygens (including phenoxy) is 1. The van der Waals surface area contributed by atoms with Gasteiger partial charge in [0.15, 0.2) is 0 Å². The molecule has 0 aromatic heterocycles. The number of carbonyl (C=O) groups is 1. The minimum atomic E-state index is 0.0385. The van der Waals surface area contributed by atoms with Crippen molar-refractivity contribution < 1.29 is 14.6 Å². The standard InChI is InChI=1S/C16H19NO3/c1-13-14(5-2-3-10-18)6-4-7-15(13)16(19)17-8-11-20-12-9-17/h4,6-7,18H,3,8-12H2,1H3. The number of nitrogens with zero attached hydrogens (tertiary/aromatic N) is 1. The van der Waals surface area contributed by atoms with E-state index in [1.54, 1.807) is 0 Å². The Labute approximate surface area is 119 Å². The topological polar surface area (TPSA) is 49.8 Å². The van der Waals surface area contributed by atoms with E-state index in [-0.39, 0.29) is 12.5 Å². The van der Waals surface area contributed by atoms with Gasteiger partial charge in [-0.15, -0.1) is 0 Å². The Hall–Kier alpha value is -1.83. The van der Waals surface area contributed by atoms with Crippen molar-refractivity contribution in [2.75, 3.05) is 32.9 Å². The van der Waals surface area contributed by atoms with Gasteiger partial charge in [-0.2, -0.15) is 0 Å². The third-order valence-corrected chi connectivity index (χ3v) is 3.32. The average molecular weight is 273 g/mol. The lowest BCUT2D eigenvalue weighted by Crippen LogP contribution is -2.41. The second-order valence-corrected chi connectivity index (χ2v) is 4.66. The second-order valence-electron chi connectivity index (χ2n) is 4.66. The fraction of sp³-hybridized carbons (Fsp3) is 0.438. The molecule has 1 aliphatic rings. The molecule has 1 aliphatic heterocycles. The van der Waals surface area contributed by atoms with Crippen LogP contribution in [0.4, 0.5) is 0 Å². The molecule has 1 aromatic carbocycles. The maximum Gasteiger partial charge on any atom is 0.254 e. The zero-order valence-corrected chi connectivity index (χ0v) is 11.7. The first kappa shape index (κ1) is 14.6. The molecule has 4 heteroatoms. The Bertz CT molecular complexity index is 536. The lowest BCUT2D eigenvalue weighted by molar-refractivity contribution is 0.0302. The summed E-state index contributed by atoms with van der Waals surface area (Å²) in [5, 5.41) is 8.75. The Balaban J connectivity index is 2.21. The molecule has 1 N–H and O–H groups in total. The van der Waals surface area contributed by atoms with Gasteiger partial charge in [0.2, 0.25) is 0 Å². The van der Waals surface area contributed by atoms with Gasteiger partial charge in [0.1, 0.15) is 0 Å². The van der Waals surface area contributed by atoms with Crippen molar-refractivity contribution in [3.63, 3.8) is 0 Å². The molecule has 106 valence electrons. The van der Waals surface area contributed by atoms with E-state index in [4.69, 9.17) is 9.84 Å². The Morgan fingerprint density at radius 3 is 2.85 bits per heavy atom. The molecule has 1 aromatic rings. The molecular weight excluding hydrogens is 254 g/mol. The van der Waals surface area contributed by atoms with Gasteiger partial charge in [0.25, 0.3) is 5.91 Å². The van der Waals surface area contributed by atoms with Crippen molar-refractivity contribution >= 4 is 5.91 Å². The van der Waals surface area contributed by atoms with Crippen LogP contribution in [0.15, 0.2) is 18.2 Å². The van der Waals surface area contributed by atoms with Crippen LogP contribution in [0.3, 0.4) is 0 Å². The monoisotopic (exact) mass is 273 g/mol. The van der Waals surface area contributed by atoms with E-state index in [1.807, 2.05) is 30.0 Å². The van der Waals surface area contributed by atoms with Gasteiger partial charge in [-0.25, -0.2) is 0 Å². The van der Waals surface area contributed by atoms with E-state index in [9.17, 15) is 4.79 Å². The molecular formula is C16H19NO3. The van der Waals surface area contributed by atoms with E-state index in [0.29, 0.717) is 38.3 Å². The van der Waals surface area contributed by atoms with Crippen LogP contribution in [0, 0.1) is 18.8 Å². The fourth-order valence-corrected chi connectivity index (χ4v) is 2.15. The number of rotatable bonds is 2. The van der Waals surface area contributed by atoms with Gasteiger partial charge in [-0.3, -0.25) is 4.79 Å². The van der Waals surface area contributed by atoms with Crippen molar-refractivity contribution in [3.05, 3.63) is 34.9 Å². The molecule has 0 aliphatic carbocycles. The van der Waals surface area contributed by atoms with E-state index < -0.39 is 0 Å². The highest BCUT2D eigenvalue weighted by atomic mass is 16.5. The minimum Gasteiger partial charge on any atom is -0.395 e. The van der Waals surface area contributed by atoms with Crippen LogP contribution < -0.4 is 0 Å². The molecule has 4 nitrogen and oxygen atoms in total. The third-order valence-electron chi connectivity index (χ3n) is 3.32. The van der Waals surface area contributed by atoms with Crippen LogP contribution in [0.25, 0.3) is 0 Å². The number of aliphatic hydroxyl groups is 1. The number of benzene rings is 1. The first-order valence-corrected chi connectivity index (χ1v) is 6.80. The number of carbonyl (C=O) groups excluding carboxylic acids is 1. The quantitative estimate of drug-likeness (QED) is 0.824. The molecule has 1 heterocycles. The van der Waals surface area contributed by atoms with Gasteiger partial charge < -0.3 is 14.7 Å². The molecule has 0 radical (unpaired) electrons. The predicted molar refractivity (Wildman–Crippen MR) is 76.5 cm³/mol. The average Bonchev–Trinajstić information content (AvgIpc) is 2.49. The van der Waals surface area contributed by atoms with Crippen molar-refractivity contribution in [3.8, 4) is 11.8 Å². The van der Waals surface area contributed by atoms with Crippen molar-refractivity contribution in [2.45, 2.75) is 13.3 Å². The maximum absolute atomic E-state index is 12.5. The normalized spacial score (nSPS) is 14.6. The molecule has 1 fully saturated rings. The minimum absolute atomic E-state index is 0.0385. The molecule has 20 heavy (non-hydrogen) atoms. The van der Waals surface area contributed by atoms with Crippen LogP contribution in [0.5, 0.6) is 0 Å². The first-order chi connectivity index (χ1) is 9.74. The summed E-state index contributed by atoms with van der Waals surface area (Å²) in [5.74, 6) is 5.94. The van der Waals surface area contributed by atoms with E-state index >= 15 is 0 Å². The van der Waals surface area contributed by atoms with Crippen molar-refractivity contribution in [1.82, 2.24) is 4.90 Å². The van der Waals surface area contributed by atoms with E-state index in [1.165, 1.54) is 0 Å². The Morgan fingerprint density at radius 2 is 2.15 bits per heavy atom. The van der Waals surface area contributed by atoms with Crippen LogP contribution in [0.1, 0.15) is 27.9 Å². The number of amides is 1. The Kier molecular flexibility index (Phi) is 5.16. The molecule has 0 bridgehead atoms. The summed E-state index contributed by atoms with van der Waals surface area (Å²) >= 11 is 0. The number of hydrogen-bond donors (Lipinski definition) is 1. The molecule has 0 saturated carbocycles. The number of morpholine rings is 1. The van der Waals surface area contributed by atoms with Gasteiger partial charge in [-0.05, 0) is 24.6 Å². The summed E-state index contributed by atoms with van der Waals surface area (Å²) < 4.78 is 5.27. The summed E-state index contributed by atoms with van der Waals surface area (Å²) in [7, 11) is 0. The fourth-order valence-electron chi connectivity index (χ4n) is 2.15. The maximum atomic E-state index is 12.5. The molecule has 1 saturated heterocycles. The lowest BCUT2D eigenvalue weighted by atomic mass is 10.0. The van der Waals surface area contributed by atoms with Crippen LogP contribution in [0.2, 0.25) is 0 Å². The second kappa shape index (κ2) is 7.09. The molecule has 0 unspecified atom stereocenters. The third kappa shape index (κ3) is 3.38. The van der Waals surface area contributed by atoms with Crippen LogP contribution in [-0.2, 0) is 4.74 Å². The largest absolute Gasteiger partial charge is 0.395 e. The zero-order chi connectivity index (χ0) is 14.4. The van der Waals surface area contributed by atoms with Gasteiger partial charge in [0.05, 0.1) is 19.8 Å². The van der Waals surface area contributed by atoms with Gasteiger partial charge in [-0.1, -0.05) is 17.9 Å². The van der Waals surface area contributed by atoms with Crippen molar-refractivity contribution in [2.24, 2.45) is 0 Å². The van der Waals surface area contributed by atoms with Gasteiger partial charge in [0, 0.05) is 30.6 Å². The number of aliphatic hydroxyl groups excluding tert-OH is 1. The molecule has 1 amide bonds. The summed E-state index contributed by atoms with van der Waals surface area (Å²) in [6, 6.07) is 5.59. The first-order valence-electron chi connectivity index (χ1n) is 6.80. The zero-order valence-electron chi connectivity index (χ0n) is 11.7. The Morgan fingerprint density at radius 1 is 1.40 bits per heavy atom. The van der Waals surface area contributed by atoms with Crippen LogP contribution in [-0.4, -0.2) is 48.8 Å². The summed E-state index contributed by atoms with van der Waals surface area (Å²) in [6.07, 6.45) is 0.446. The smallest absolute Gasteiger partial charge is 0.254 e. The summed E-state index contributed by atoms with van der Waals surface area (Å²) in [6.45, 7) is 4.44. The van der Waals surface area contributed by atoms with E-state index in [0.717, 1.165) is 11.1 Å². The van der Waals surface area contributed by atoms with Crippen LogP contribution >= 0.6 is 0 Å². The number of hydrogen-bond acceptors (Lipinski definition) is 3. The molecule has 2 rings (SSSR count). The van der Waals surface area contributed by atoms with Gasteiger partial charge >= 0.3 is 0 Å². The molecule has 0 spiro atoms. The predicted octanol–water partition coefficient (Wildman–Crippen LogP) is 1.20. The SMILES string of the molecule is Cc1c(C#CCCO)cccc1C(=O)N1CCOCC1. The lowest BCUT2D eigenvalue weighted by Gasteiger charge is -2.27. The summed E-state index contributed by atoms with van der Waals surface area (Å²) in [4.78, 5) is 14.3. The summed E-state index contributed by atoms with van der Waals surface area (Å²) in [5.41, 5.74) is 2.44. The van der Waals surface area contributed by atoms with E-state index in [2.05, 4.69) is 11.8 Å². The van der Waals surface area contributed by atoms with Crippen molar-refractivity contribution in [1.29, 1.82) is 0 Å². The highest BCUT2D eigenvalue weighted by Gasteiger charge is 2.20. The highest BCUT2D eigenvalue weighted by Crippen LogP contribution is 2.16. The molecule has 0 atom stereocenters.